The average Bonchev–Trinajstić information content (AvgIpc) is 3.01. The van der Waals surface area contributed by atoms with Gasteiger partial charge in [-0.2, -0.15) is 0 Å². The van der Waals surface area contributed by atoms with E-state index in [2.05, 4.69) is 85.8 Å². The number of aliphatic imine (C=N–C) groups is 1. The van der Waals surface area contributed by atoms with Crippen molar-refractivity contribution in [2.75, 3.05) is 13.6 Å². The summed E-state index contributed by atoms with van der Waals surface area (Å²) in [6.45, 7) is 12.6. The Kier molecular flexibility index (Phi) is 5.05. The predicted octanol–water partition coefficient (Wildman–Crippen LogP) is 3.76. The lowest BCUT2D eigenvalue weighted by atomic mass is 10.1. The maximum Gasteiger partial charge on any atom is 0.123 e. The van der Waals surface area contributed by atoms with Crippen molar-refractivity contribution in [2.45, 2.75) is 33.9 Å². The zero-order valence-corrected chi connectivity index (χ0v) is 15.6. The van der Waals surface area contributed by atoms with Crippen molar-refractivity contribution in [3.63, 3.8) is 0 Å². The third kappa shape index (κ3) is 3.83. The molecule has 4 nitrogen and oxygen atoms in total. The van der Waals surface area contributed by atoms with Crippen molar-refractivity contribution in [1.82, 2.24) is 15.3 Å². The first-order valence-corrected chi connectivity index (χ1v) is 8.61. The fourth-order valence-corrected chi connectivity index (χ4v) is 3.16. The van der Waals surface area contributed by atoms with Crippen molar-refractivity contribution >= 4 is 5.84 Å². The molecule has 1 N–H and O–H groups in total. The summed E-state index contributed by atoms with van der Waals surface area (Å²) in [4.78, 5) is 4.81. The lowest BCUT2D eigenvalue weighted by molar-refractivity contribution is 0.00917. The van der Waals surface area contributed by atoms with Crippen LogP contribution < -0.4 is 5.32 Å². The lowest BCUT2D eigenvalue weighted by Gasteiger charge is -2.29. The van der Waals surface area contributed by atoms with Gasteiger partial charge in [0.2, 0.25) is 0 Å². The Morgan fingerprint density at radius 3 is 2.52 bits per heavy atom. The number of hydrazine groups is 1. The molecule has 0 atom stereocenters. The number of nitrogens with one attached hydrogen (secondary N) is 1. The van der Waals surface area contributed by atoms with Gasteiger partial charge in [-0.05, 0) is 38.0 Å². The highest BCUT2D eigenvalue weighted by atomic mass is 15.6. The molecule has 0 fully saturated rings. The molecule has 4 heteroatoms. The molecule has 3 rings (SSSR count). The minimum atomic E-state index is 0.715. The monoisotopic (exact) mass is 334 g/mol. The van der Waals surface area contributed by atoms with Crippen LogP contribution in [0.5, 0.6) is 0 Å². The summed E-state index contributed by atoms with van der Waals surface area (Å²) in [7, 11) is 2.11. The molecule has 0 aromatic heterocycles. The number of hydrogen-bond acceptors (Lipinski definition) is 4. The summed E-state index contributed by atoms with van der Waals surface area (Å²) >= 11 is 0. The Bertz CT molecular complexity index is 793. The fraction of sp³-hybridized carbons (Fsp3) is 0.333. The van der Waals surface area contributed by atoms with E-state index in [0.29, 0.717) is 6.54 Å². The molecule has 25 heavy (non-hydrogen) atoms. The zero-order chi connectivity index (χ0) is 18.0. The van der Waals surface area contributed by atoms with Gasteiger partial charge in [0, 0.05) is 25.7 Å². The highest BCUT2D eigenvalue weighted by molar-refractivity contribution is 5.89. The summed E-state index contributed by atoms with van der Waals surface area (Å²) in [6.07, 6.45) is 2.11. The number of likely N-dealkylation sites (N-methyl/N-ethyl adjacent to an activating group) is 1. The van der Waals surface area contributed by atoms with Crippen molar-refractivity contribution in [3.05, 3.63) is 76.3 Å². The Labute approximate surface area is 150 Å². The summed E-state index contributed by atoms with van der Waals surface area (Å²) in [5.74, 6) is 0.919. The van der Waals surface area contributed by atoms with E-state index < -0.39 is 0 Å². The van der Waals surface area contributed by atoms with Gasteiger partial charge in [-0.15, -0.1) is 5.73 Å². The van der Waals surface area contributed by atoms with Gasteiger partial charge in [0.25, 0.3) is 0 Å². The van der Waals surface area contributed by atoms with E-state index in [1.807, 2.05) is 0 Å². The van der Waals surface area contributed by atoms with E-state index in [1.165, 1.54) is 16.7 Å². The molecule has 0 spiro atoms. The molecule has 2 heterocycles. The number of benzene rings is 1. The molecule has 130 valence electrons. The second kappa shape index (κ2) is 7.24. The number of rotatable bonds is 4. The van der Waals surface area contributed by atoms with Crippen LogP contribution in [0.25, 0.3) is 0 Å². The molecule has 0 saturated heterocycles. The molecule has 0 radical (unpaired) electrons. The second-order valence-electron chi connectivity index (χ2n) is 6.87. The van der Waals surface area contributed by atoms with Crippen molar-refractivity contribution < 1.29 is 0 Å². The molecule has 2 aliphatic heterocycles. The van der Waals surface area contributed by atoms with Gasteiger partial charge in [-0.3, -0.25) is 0 Å². The van der Waals surface area contributed by atoms with Gasteiger partial charge in [0.15, 0.2) is 0 Å². The van der Waals surface area contributed by atoms with Gasteiger partial charge in [0.05, 0.1) is 17.9 Å². The Morgan fingerprint density at radius 1 is 1.32 bits per heavy atom. The van der Waals surface area contributed by atoms with Gasteiger partial charge in [-0.1, -0.05) is 36.4 Å². The van der Waals surface area contributed by atoms with Gasteiger partial charge < -0.3 is 5.32 Å². The largest absolute Gasteiger partial charge is 0.336 e. The molecule has 0 bridgehead atoms. The summed E-state index contributed by atoms with van der Waals surface area (Å²) < 4.78 is 0. The number of fused-ring (bicyclic) bond motifs is 1. The van der Waals surface area contributed by atoms with Crippen LogP contribution in [0.3, 0.4) is 0 Å². The van der Waals surface area contributed by atoms with Crippen LogP contribution in [0.1, 0.15) is 31.9 Å². The molecule has 2 aliphatic rings. The van der Waals surface area contributed by atoms with Crippen LogP contribution in [0.4, 0.5) is 0 Å². The van der Waals surface area contributed by atoms with Gasteiger partial charge in [0.1, 0.15) is 5.84 Å². The van der Waals surface area contributed by atoms with Crippen molar-refractivity contribution in [3.8, 4) is 0 Å². The zero-order valence-electron chi connectivity index (χ0n) is 15.6. The van der Waals surface area contributed by atoms with E-state index in [4.69, 9.17) is 4.99 Å². The third-order valence-corrected chi connectivity index (χ3v) is 4.57. The molecule has 0 amide bonds. The quantitative estimate of drug-likeness (QED) is 0.851. The lowest BCUT2D eigenvalue weighted by Crippen LogP contribution is -2.43. The summed E-state index contributed by atoms with van der Waals surface area (Å²) in [6, 6.07) is 8.62. The molecular formula is C21H26N4. The highest BCUT2D eigenvalue weighted by Crippen LogP contribution is 2.24. The van der Waals surface area contributed by atoms with Crippen LogP contribution in [-0.2, 0) is 13.1 Å². The van der Waals surface area contributed by atoms with Crippen molar-refractivity contribution in [1.29, 1.82) is 0 Å². The Balaban J connectivity index is 1.76. The van der Waals surface area contributed by atoms with Crippen LogP contribution >= 0.6 is 0 Å². The van der Waals surface area contributed by atoms with Gasteiger partial charge in [-0.25, -0.2) is 15.0 Å². The summed E-state index contributed by atoms with van der Waals surface area (Å²) in [5.41, 5.74) is 10.0. The van der Waals surface area contributed by atoms with E-state index in [1.54, 1.807) is 0 Å². The second-order valence-corrected chi connectivity index (χ2v) is 6.87. The normalized spacial score (nSPS) is 17.2. The first kappa shape index (κ1) is 17.4. The molecule has 0 unspecified atom stereocenters. The number of amidine groups is 1. The highest BCUT2D eigenvalue weighted by Gasteiger charge is 2.23. The van der Waals surface area contributed by atoms with Crippen LogP contribution in [0, 0.1) is 0 Å². The number of nitrogens with zero attached hydrogens (tertiary/aromatic N) is 3. The van der Waals surface area contributed by atoms with E-state index in [9.17, 15) is 0 Å². The minimum Gasteiger partial charge on any atom is -0.336 e. The van der Waals surface area contributed by atoms with E-state index in [0.717, 1.165) is 35.9 Å². The number of allylic oxidation sites excluding steroid dienone is 3. The Morgan fingerprint density at radius 2 is 1.96 bits per heavy atom. The third-order valence-electron chi connectivity index (χ3n) is 4.57. The van der Waals surface area contributed by atoms with E-state index >= 15 is 0 Å². The first-order valence-electron chi connectivity index (χ1n) is 8.61. The standard InChI is InChI=1S/C21H26N4/c1-6-19-16(4)20(11-15(2)3)23-21(22-19)14-24(5)25-12-17-9-7-8-10-18(17)13-25/h7-11H,1,12-14H2,2-5H3,(H,22,23). The van der Waals surface area contributed by atoms with E-state index in [-0.39, 0.29) is 0 Å². The predicted molar refractivity (Wildman–Crippen MR) is 104 cm³/mol. The van der Waals surface area contributed by atoms with Crippen LogP contribution in [-0.4, -0.2) is 29.4 Å². The average molecular weight is 334 g/mol. The van der Waals surface area contributed by atoms with Gasteiger partial charge >= 0.3 is 0 Å². The minimum absolute atomic E-state index is 0.715. The smallest absolute Gasteiger partial charge is 0.123 e. The fourth-order valence-electron chi connectivity index (χ4n) is 3.16. The van der Waals surface area contributed by atoms with Crippen LogP contribution in [0.2, 0.25) is 0 Å². The molecule has 0 aliphatic carbocycles. The topological polar surface area (TPSA) is 30.9 Å². The molecular weight excluding hydrogens is 308 g/mol. The maximum absolute atomic E-state index is 4.81. The van der Waals surface area contributed by atoms with Crippen molar-refractivity contribution in [2.24, 2.45) is 4.99 Å². The maximum atomic E-state index is 4.81. The first-order chi connectivity index (χ1) is 12.0. The molecule has 1 aromatic carbocycles. The summed E-state index contributed by atoms with van der Waals surface area (Å²) in [5, 5.41) is 7.94. The Hall–Kier alpha value is -2.39. The molecule has 0 saturated carbocycles. The number of hydrogen-bond donors (Lipinski definition) is 1. The van der Waals surface area contributed by atoms with Crippen LogP contribution in [0.15, 0.2) is 70.2 Å². The SMILES string of the molecule is C=C=C1NC(CN(C)N2Cc3ccccc3C2)=NC(C=C(C)C)=C1C. The molecule has 1 aromatic rings.